The van der Waals surface area contributed by atoms with Crippen molar-refractivity contribution in [3.8, 4) is 0 Å². The van der Waals surface area contributed by atoms with Crippen molar-refractivity contribution in [1.29, 1.82) is 0 Å². The average Bonchev–Trinajstić information content (AvgIpc) is 2.47. The SMILES string of the molecule is NCCN(Cc1ccccc1)c1cccc(Cl)c1[N+](=O)[O-]. The third-order valence-electron chi connectivity index (χ3n) is 3.10. The zero-order valence-corrected chi connectivity index (χ0v) is 12.2. The largest absolute Gasteiger partial charge is 0.360 e. The second-order valence-corrected chi connectivity index (χ2v) is 4.97. The number of para-hydroxylation sites is 1. The van der Waals surface area contributed by atoms with Crippen LogP contribution in [0.4, 0.5) is 11.4 Å². The quantitative estimate of drug-likeness (QED) is 0.657. The number of nitro benzene ring substituents is 1. The van der Waals surface area contributed by atoms with E-state index < -0.39 is 4.92 Å². The Morgan fingerprint density at radius 2 is 1.86 bits per heavy atom. The van der Waals surface area contributed by atoms with Gasteiger partial charge in [-0.15, -0.1) is 0 Å². The Hall–Kier alpha value is -2.11. The number of hydrogen-bond acceptors (Lipinski definition) is 4. The average molecular weight is 306 g/mol. The smallest absolute Gasteiger partial charge is 0.310 e. The zero-order valence-electron chi connectivity index (χ0n) is 11.4. The summed E-state index contributed by atoms with van der Waals surface area (Å²) in [5.74, 6) is 0. The van der Waals surface area contributed by atoms with Gasteiger partial charge in [-0.05, 0) is 17.7 Å². The van der Waals surface area contributed by atoms with Gasteiger partial charge >= 0.3 is 5.69 Å². The molecule has 0 bridgehead atoms. The monoisotopic (exact) mass is 305 g/mol. The predicted octanol–water partition coefficient (Wildman–Crippen LogP) is 3.21. The summed E-state index contributed by atoms with van der Waals surface area (Å²) in [6.45, 7) is 1.45. The van der Waals surface area contributed by atoms with Gasteiger partial charge in [-0.1, -0.05) is 48.0 Å². The van der Waals surface area contributed by atoms with Gasteiger partial charge in [0, 0.05) is 19.6 Å². The highest BCUT2D eigenvalue weighted by molar-refractivity contribution is 6.33. The van der Waals surface area contributed by atoms with Crippen LogP contribution in [0.25, 0.3) is 0 Å². The molecule has 0 atom stereocenters. The first-order valence-corrected chi connectivity index (χ1v) is 6.93. The Morgan fingerprint density at radius 1 is 1.14 bits per heavy atom. The van der Waals surface area contributed by atoms with Crippen LogP contribution in [0.5, 0.6) is 0 Å². The summed E-state index contributed by atoms with van der Waals surface area (Å²) in [5, 5.41) is 11.4. The lowest BCUT2D eigenvalue weighted by atomic mass is 10.2. The Balaban J connectivity index is 2.39. The molecule has 0 heterocycles. The van der Waals surface area contributed by atoms with E-state index in [1.165, 1.54) is 6.07 Å². The molecule has 0 saturated heterocycles. The summed E-state index contributed by atoms with van der Waals surface area (Å²) in [5.41, 5.74) is 7.10. The Labute approximate surface area is 128 Å². The van der Waals surface area contributed by atoms with Crippen LogP contribution in [0, 0.1) is 10.1 Å². The Morgan fingerprint density at radius 3 is 2.48 bits per heavy atom. The van der Waals surface area contributed by atoms with Gasteiger partial charge in [0.05, 0.1) is 4.92 Å². The zero-order chi connectivity index (χ0) is 15.2. The van der Waals surface area contributed by atoms with Crippen molar-refractivity contribution in [3.63, 3.8) is 0 Å². The van der Waals surface area contributed by atoms with Crippen LogP contribution in [0.1, 0.15) is 5.56 Å². The summed E-state index contributed by atoms with van der Waals surface area (Å²) in [7, 11) is 0. The first kappa shape index (κ1) is 15.3. The molecule has 2 N–H and O–H groups in total. The fraction of sp³-hybridized carbons (Fsp3) is 0.200. The van der Waals surface area contributed by atoms with Crippen molar-refractivity contribution in [1.82, 2.24) is 0 Å². The van der Waals surface area contributed by atoms with Crippen molar-refractivity contribution in [2.45, 2.75) is 6.54 Å². The number of hydrogen-bond donors (Lipinski definition) is 1. The van der Waals surface area contributed by atoms with Crippen molar-refractivity contribution >= 4 is 23.0 Å². The molecule has 0 unspecified atom stereocenters. The van der Waals surface area contributed by atoms with Gasteiger partial charge < -0.3 is 10.6 Å². The van der Waals surface area contributed by atoms with E-state index in [9.17, 15) is 10.1 Å². The highest BCUT2D eigenvalue weighted by Crippen LogP contribution is 2.35. The molecule has 0 saturated carbocycles. The molecule has 0 aliphatic carbocycles. The minimum atomic E-state index is -0.452. The maximum Gasteiger partial charge on any atom is 0.310 e. The first-order valence-electron chi connectivity index (χ1n) is 6.55. The second-order valence-electron chi connectivity index (χ2n) is 4.56. The molecule has 2 aromatic carbocycles. The molecule has 0 radical (unpaired) electrons. The van der Waals surface area contributed by atoms with Crippen LogP contribution in [0.15, 0.2) is 48.5 Å². The van der Waals surface area contributed by atoms with Crippen LogP contribution >= 0.6 is 11.6 Å². The molecular formula is C15H16ClN3O2. The van der Waals surface area contributed by atoms with Crippen LogP contribution in [-0.4, -0.2) is 18.0 Å². The maximum absolute atomic E-state index is 11.3. The maximum atomic E-state index is 11.3. The highest BCUT2D eigenvalue weighted by atomic mass is 35.5. The lowest BCUT2D eigenvalue weighted by Crippen LogP contribution is -2.29. The van der Waals surface area contributed by atoms with E-state index in [1.807, 2.05) is 35.2 Å². The normalized spacial score (nSPS) is 10.4. The Kier molecular flexibility index (Phi) is 5.14. The summed E-state index contributed by atoms with van der Waals surface area (Å²) < 4.78 is 0. The van der Waals surface area contributed by atoms with Gasteiger partial charge in [0.2, 0.25) is 0 Å². The van der Waals surface area contributed by atoms with Crippen molar-refractivity contribution in [2.24, 2.45) is 5.73 Å². The highest BCUT2D eigenvalue weighted by Gasteiger charge is 2.22. The minimum Gasteiger partial charge on any atom is -0.360 e. The first-order chi connectivity index (χ1) is 10.1. The van der Waals surface area contributed by atoms with Gasteiger partial charge in [-0.25, -0.2) is 0 Å². The van der Waals surface area contributed by atoms with E-state index >= 15 is 0 Å². The minimum absolute atomic E-state index is 0.0800. The van der Waals surface area contributed by atoms with Crippen molar-refractivity contribution in [2.75, 3.05) is 18.0 Å². The molecule has 0 spiro atoms. The van der Waals surface area contributed by atoms with Crippen LogP contribution in [-0.2, 0) is 6.54 Å². The second kappa shape index (κ2) is 7.06. The number of rotatable bonds is 6. The number of anilines is 1. The number of nitrogens with two attached hydrogens (primary N) is 1. The molecule has 0 amide bonds. The molecule has 0 aliphatic heterocycles. The molecule has 21 heavy (non-hydrogen) atoms. The summed E-state index contributed by atoms with van der Waals surface area (Å²) in [6.07, 6.45) is 0. The lowest BCUT2D eigenvalue weighted by molar-refractivity contribution is -0.384. The van der Waals surface area contributed by atoms with E-state index in [2.05, 4.69) is 0 Å². The number of halogens is 1. The molecule has 5 nitrogen and oxygen atoms in total. The van der Waals surface area contributed by atoms with E-state index in [0.717, 1.165) is 5.56 Å². The van der Waals surface area contributed by atoms with Gasteiger partial charge in [0.15, 0.2) is 0 Å². The van der Waals surface area contributed by atoms with Crippen LogP contribution in [0.2, 0.25) is 5.02 Å². The molecular weight excluding hydrogens is 290 g/mol. The third-order valence-corrected chi connectivity index (χ3v) is 3.41. The predicted molar refractivity (Wildman–Crippen MR) is 84.7 cm³/mol. The number of benzene rings is 2. The molecule has 0 aromatic heterocycles. The van der Waals surface area contributed by atoms with Crippen LogP contribution < -0.4 is 10.6 Å². The number of nitro groups is 1. The summed E-state index contributed by atoms with van der Waals surface area (Å²) in [6, 6.07) is 14.7. The van der Waals surface area contributed by atoms with E-state index in [-0.39, 0.29) is 10.7 Å². The number of nitrogens with zero attached hydrogens (tertiary/aromatic N) is 2. The molecule has 0 fully saturated rings. The van der Waals surface area contributed by atoms with E-state index in [0.29, 0.717) is 25.3 Å². The van der Waals surface area contributed by atoms with Crippen molar-refractivity contribution in [3.05, 3.63) is 69.2 Å². The molecule has 2 aromatic rings. The standard InChI is InChI=1S/C15H16ClN3O2/c16-13-7-4-8-14(15(13)19(20)21)18(10-9-17)11-12-5-2-1-3-6-12/h1-8H,9-11,17H2. The van der Waals surface area contributed by atoms with Gasteiger partial charge in [0.25, 0.3) is 0 Å². The topological polar surface area (TPSA) is 72.4 Å². The van der Waals surface area contributed by atoms with E-state index in [4.69, 9.17) is 17.3 Å². The van der Waals surface area contributed by atoms with Gasteiger partial charge in [-0.3, -0.25) is 10.1 Å². The Bertz CT molecular complexity index is 620. The molecule has 2 rings (SSSR count). The van der Waals surface area contributed by atoms with Crippen LogP contribution in [0.3, 0.4) is 0 Å². The molecule has 110 valence electrons. The summed E-state index contributed by atoms with van der Waals surface area (Å²) in [4.78, 5) is 12.7. The van der Waals surface area contributed by atoms with E-state index in [1.54, 1.807) is 12.1 Å². The molecule has 6 heteroatoms. The van der Waals surface area contributed by atoms with Gasteiger partial charge in [0.1, 0.15) is 10.7 Å². The third kappa shape index (κ3) is 3.71. The lowest BCUT2D eigenvalue weighted by Gasteiger charge is -2.24. The fourth-order valence-corrected chi connectivity index (χ4v) is 2.42. The van der Waals surface area contributed by atoms with Gasteiger partial charge in [-0.2, -0.15) is 0 Å². The molecule has 0 aliphatic rings. The summed E-state index contributed by atoms with van der Waals surface area (Å²) >= 11 is 5.97. The van der Waals surface area contributed by atoms with Crippen molar-refractivity contribution < 1.29 is 4.92 Å². The fourth-order valence-electron chi connectivity index (χ4n) is 2.18.